The summed E-state index contributed by atoms with van der Waals surface area (Å²) in [5.41, 5.74) is 1.70. The smallest absolute Gasteiger partial charge is 0.339 e. The highest BCUT2D eigenvalue weighted by molar-refractivity contribution is 5.88. The first-order chi connectivity index (χ1) is 8.47. The van der Waals surface area contributed by atoms with E-state index < -0.39 is 5.97 Å². The van der Waals surface area contributed by atoms with Gasteiger partial charge in [0.2, 0.25) is 0 Å². The molecule has 18 heavy (non-hydrogen) atoms. The van der Waals surface area contributed by atoms with E-state index in [2.05, 4.69) is 9.97 Å². The maximum atomic E-state index is 13.3. The molecule has 0 amide bonds. The number of benzene rings is 1. The minimum absolute atomic E-state index is 0.0480. The van der Waals surface area contributed by atoms with E-state index in [1.54, 1.807) is 19.9 Å². The van der Waals surface area contributed by atoms with E-state index in [1.807, 2.05) is 0 Å². The minimum Gasteiger partial charge on any atom is -0.478 e. The summed E-state index contributed by atoms with van der Waals surface area (Å²) in [6.07, 6.45) is 1.24. The molecule has 1 aromatic carbocycles. The highest BCUT2D eigenvalue weighted by Gasteiger charge is 2.11. The quantitative estimate of drug-likeness (QED) is 0.884. The number of aromatic nitrogens is 2. The predicted molar refractivity (Wildman–Crippen MR) is 63.9 cm³/mol. The van der Waals surface area contributed by atoms with Gasteiger partial charge in [-0.2, -0.15) is 0 Å². The Hall–Kier alpha value is -2.30. The van der Waals surface area contributed by atoms with Crippen molar-refractivity contribution in [1.82, 2.24) is 9.97 Å². The summed E-state index contributed by atoms with van der Waals surface area (Å²) >= 11 is 0. The number of carboxylic acids is 1. The van der Waals surface area contributed by atoms with Crippen molar-refractivity contribution in [2.75, 3.05) is 0 Å². The third-order valence-electron chi connectivity index (χ3n) is 2.51. The summed E-state index contributed by atoms with van der Waals surface area (Å²) in [6, 6.07) is 4.47. The van der Waals surface area contributed by atoms with Gasteiger partial charge in [-0.3, -0.25) is 0 Å². The average Bonchev–Trinajstić information content (AvgIpc) is 2.26. The average molecular weight is 246 g/mol. The van der Waals surface area contributed by atoms with Crippen LogP contribution in [0.2, 0.25) is 0 Å². The first-order valence-electron chi connectivity index (χ1n) is 5.32. The van der Waals surface area contributed by atoms with E-state index in [4.69, 9.17) is 5.11 Å². The van der Waals surface area contributed by atoms with Crippen LogP contribution in [0.15, 0.2) is 24.4 Å². The van der Waals surface area contributed by atoms with Gasteiger partial charge in [-0.15, -0.1) is 0 Å². The molecule has 0 aliphatic heterocycles. The molecule has 0 fully saturated rings. The van der Waals surface area contributed by atoms with E-state index in [1.165, 1.54) is 18.3 Å². The van der Waals surface area contributed by atoms with Gasteiger partial charge in [0, 0.05) is 11.8 Å². The fraction of sp³-hybridized carbons (Fsp3) is 0.154. The van der Waals surface area contributed by atoms with E-state index >= 15 is 0 Å². The lowest BCUT2D eigenvalue weighted by atomic mass is 10.1. The second-order valence-corrected chi connectivity index (χ2v) is 4.02. The Morgan fingerprint density at radius 2 is 2.00 bits per heavy atom. The molecule has 92 valence electrons. The van der Waals surface area contributed by atoms with Crippen LogP contribution in [-0.2, 0) is 0 Å². The number of hydrogen-bond donors (Lipinski definition) is 1. The van der Waals surface area contributed by atoms with Gasteiger partial charge in [-0.1, -0.05) is 0 Å². The number of rotatable bonds is 2. The van der Waals surface area contributed by atoms with Gasteiger partial charge in [-0.25, -0.2) is 19.2 Å². The van der Waals surface area contributed by atoms with Gasteiger partial charge in [0.1, 0.15) is 5.82 Å². The van der Waals surface area contributed by atoms with Gasteiger partial charge in [0.25, 0.3) is 0 Å². The molecule has 1 N–H and O–H groups in total. The molecule has 1 heterocycles. The lowest BCUT2D eigenvalue weighted by Gasteiger charge is -2.05. The van der Waals surface area contributed by atoms with E-state index in [9.17, 15) is 9.18 Å². The summed E-state index contributed by atoms with van der Waals surface area (Å²) in [5.74, 6) is -1.12. The van der Waals surface area contributed by atoms with Crippen molar-refractivity contribution in [3.05, 3.63) is 47.0 Å². The van der Waals surface area contributed by atoms with Crippen molar-refractivity contribution < 1.29 is 14.3 Å². The molecule has 0 saturated heterocycles. The molecule has 2 aromatic rings. The molecular formula is C13H11FN2O2. The zero-order valence-electron chi connectivity index (χ0n) is 9.94. The number of carboxylic acid groups (broad SMARTS) is 1. The molecule has 0 bridgehead atoms. The molecule has 2 rings (SSSR count). The topological polar surface area (TPSA) is 63.1 Å². The maximum Gasteiger partial charge on any atom is 0.339 e. The lowest BCUT2D eigenvalue weighted by molar-refractivity contribution is 0.0695. The van der Waals surface area contributed by atoms with Crippen LogP contribution >= 0.6 is 0 Å². The monoisotopic (exact) mass is 246 g/mol. The number of halogens is 1. The largest absolute Gasteiger partial charge is 0.478 e. The standard InChI is InChI=1S/C13H11FN2O2/c1-7-3-9(5-10(14)4-7)12-15-6-11(13(17)18)8(2)16-12/h3-6H,1-2H3,(H,17,18). The van der Waals surface area contributed by atoms with Crippen LogP contribution in [0, 0.1) is 19.7 Å². The number of hydrogen-bond acceptors (Lipinski definition) is 3. The number of nitrogens with zero attached hydrogens (tertiary/aromatic N) is 2. The Morgan fingerprint density at radius 1 is 1.28 bits per heavy atom. The summed E-state index contributed by atoms with van der Waals surface area (Å²) in [7, 11) is 0. The van der Waals surface area contributed by atoms with Gasteiger partial charge in [-0.05, 0) is 37.6 Å². The molecule has 5 heteroatoms. The Bertz CT molecular complexity index is 606. The molecule has 4 nitrogen and oxygen atoms in total. The van der Waals surface area contributed by atoms with Gasteiger partial charge in [0.05, 0.1) is 11.3 Å². The van der Waals surface area contributed by atoms with Crippen molar-refractivity contribution in [3.8, 4) is 11.4 Å². The molecule has 0 saturated carbocycles. The fourth-order valence-corrected chi connectivity index (χ4v) is 1.68. The van der Waals surface area contributed by atoms with Crippen LogP contribution in [0.25, 0.3) is 11.4 Å². The third-order valence-corrected chi connectivity index (χ3v) is 2.51. The third kappa shape index (κ3) is 2.34. The van der Waals surface area contributed by atoms with E-state index in [0.717, 1.165) is 5.56 Å². The Kier molecular flexibility index (Phi) is 3.06. The van der Waals surface area contributed by atoms with Crippen molar-refractivity contribution in [2.24, 2.45) is 0 Å². The van der Waals surface area contributed by atoms with E-state index in [0.29, 0.717) is 17.1 Å². The molecular weight excluding hydrogens is 235 g/mol. The zero-order valence-corrected chi connectivity index (χ0v) is 9.94. The first-order valence-corrected chi connectivity index (χ1v) is 5.32. The zero-order chi connectivity index (χ0) is 13.3. The summed E-state index contributed by atoms with van der Waals surface area (Å²) < 4.78 is 13.3. The fourth-order valence-electron chi connectivity index (χ4n) is 1.68. The van der Waals surface area contributed by atoms with Gasteiger partial charge >= 0.3 is 5.97 Å². The second-order valence-electron chi connectivity index (χ2n) is 4.02. The minimum atomic E-state index is -1.07. The maximum absolute atomic E-state index is 13.3. The van der Waals surface area contributed by atoms with Gasteiger partial charge in [0.15, 0.2) is 5.82 Å². The van der Waals surface area contributed by atoms with Gasteiger partial charge < -0.3 is 5.11 Å². The molecule has 1 aromatic heterocycles. The molecule has 0 aliphatic rings. The number of aromatic carboxylic acids is 1. The molecule has 0 unspecified atom stereocenters. The first kappa shape index (κ1) is 12.2. The Balaban J connectivity index is 2.52. The van der Waals surface area contributed by atoms with Crippen molar-refractivity contribution >= 4 is 5.97 Å². The van der Waals surface area contributed by atoms with Crippen LogP contribution in [0.3, 0.4) is 0 Å². The van der Waals surface area contributed by atoms with Crippen LogP contribution in [0.1, 0.15) is 21.6 Å². The van der Waals surface area contributed by atoms with E-state index in [-0.39, 0.29) is 11.4 Å². The summed E-state index contributed by atoms with van der Waals surface area (Å²) in [5, 5.41) is 8.88. The molecule has 0 atom stereocenters. The normalized spacial score (nSPS) is 10.4. The Morgan fingerprint density at radius 3 is 2.56 bits per heavy atom. The van der Waals surface area contributed by atoms with Crippen molar-refractivity contribution in [2.45, 2.75) is 13.8 Å². The number of aryl methyl sites for hydroxylation is 2. The lowest BCUT2D eigenvalue weighted by Crippen LogP contribution is -2.04. The Labute approximate surface area is 103 Å². The van der Waals surface area contributed by atoms with Crippen molar-refractivity contribution in [3.63, 3.8) is 0 Å². The second kappa shape index (κ2) is 4.52. The van der Waals surface area contributed by atoms with Crippen LogP contribution < -0.4 is 0 Å². The highest BCUT2D eigenvalue weighted by atomic mass is 19.1. The number of carbonyl (C=O) groups is 1. The van der Waals surface area contributed by atoms with Crippen LogP contribution in [-0.4, -0.2) is 21.0 Å². The molecule has 0 aliphatic carbocycles. The molecule has 0 radical (unpaired) electrons. The van der Waals surface area contributed by atoms with Crippen LogP contribution in [0.5, 0.6) is 0 Å². The highest BCUT2D eigenvalue weighted by Crippen LogP contribution is 2.19. The summed E-state index contributed by atoms with van der Waals surface area (Å²) in [4.78, 5) is 18.9. The SMILES string of the molecule is Cc1cc(F)cc(-c2ncc(C(=O)O)c(C)n2)c1. The summed E-state index contributed by atoms with van der Waals surface area (Å²) in [6.45, 7) is 3.35. The van der Waals surface area contributed by atoms with Crippen molar-refractivity contribution in [1.29, 1.82) is 0 Å². The van der Waals surface area contributed by atoms with Crippen LogP contribution in [0.4, 0.5) is 4.39 Å². The molecule has 0 spiro atoms. The predicted octanol–water partition coefficient (Wildman–Crippen LogP) is 2.60.